The van der Waals surface area contributed by atoms with Gasteiger partial charge in [0.25, 0.3) is 0 Å². The van der Waals surface area contributed by atoms with Crippen molar-refractivity contribution in [3.8, 4) is 5.75 Å². The van der Waals surface area contributed by atoms with Crippen LogP contribution >= 0.6 is 0 Å². The van der Waals surface area contributed by atoms with Crippen molar-refractivity contribution < 1.29 is 17.9 Å². The highest BCUT2D eigenvalue weighted by Crippen LogP contribution is 2.53. The van der Waals surface area contributed by atoms with Crippen molar-refractivity contribution in [2.24, 2.45) is 0 Å². The van der Waals surface area contributed by atoms with Crippen LogP contribution in [0.25, 0.3) is 0 Å². The SMILES string of the molecule is CC1(C)Oc2ccc(S(C)(=O)=O)cc2C2OC21. The second kappa shape index (κ2) is 3.03. The van der Waals surface area contributed by atoms with Crippen LogP contribution in [-0.2, 0) is 14.6 Å². The molecule has 1 fully saturated rings. The fraction of sp³-hybridized carbons (Fsp3) is 0.500. The van der Waals surface area contributed by atoms with Crippen LogP contribution in [0.3, 0.4) is 0 Å². The maximum atomic E-state index is 11.5. The molecule has 0 bridgehead atoms. The van der Waals surface area contributed by atoms with Crippen molar-refractivity contribution in [3.05, 3.63) is 23.8 Å². The van der Waals surface area contributed by atoms with Crippen LogP contribution < -0.4 is 4.74 Å². The molecule has 2 unspecified atom stereocenters. The molecule has 0 aromatic heterocycles. The lowest BCUT2D eigenvalue weighted by atomic mass is 9.94. The first-order valence-electron chi connectivity index (χ1n) is 5.47. The molecule has 1 aromatic carbocycles. The van der Waals surface area contributed by atoms with Gasteiger partial charge in [0.15, 0.2) is 9.84 Å². The summed E-state index contributed by atoms with van der Waals surface area (Å²) >= 11 is 0. The number of fused-ring (bicyclic) bond motifs is 3. The van der Waals surface area contributed by atoms with Crippen molar-refractivity contribution in [3.63, 3.8) is 0 Å². The number of rotatable bonds is 1. The molecule has 0 N–H and O–H groups in total. The van der Waals surface area contributed by atoms with Crippen molar-refractivity contribution in [2.45, 2.75) is 36.6 Å². The van der Waals surface area contributed by atoms with E-state index >= 15 is 0 Å². The van der Waals surface area contributed by atoms with Gasteiger partial charge in [0, 0.05) is 11.8 Å². The first kappa shape index (κ1) is 11.0. The van der Waals surface area contributed by atoms with Crippen molar-refractivity contribution in [2.75, 3.05) is 6.26 Å². The Labute approximate surface area is 100 Å². The van der Waals surface area contributed by atoms with Gasteiger partial charge in [-0.15, -0.1) is 0 Å². The number of hydrogen-bond acceptors (Lipinski definition) is 4. The van der Waals surface area contributed by atoms with E-state index in [0.717, 1.165) is 11.3 Å². The molecular formula is C12H14O4S. The van der Waals surface area contributed by atoms with E-state index in [0.29, 0.717) is 4.90 Å². The standard InChI is InChI=1S/C12H14O4S/c1-12(2)11-10(15-11)8-6-7(17(3,13)14)4-5-9(8)16-12/h4-6,10-11H,1-3H3. The fourth-order valence-corrected chi connectivity index (χ4v) is 2.95. The summed E-state index contributed by atoms with van der Waals surface area (Å²) in [5.41, 5.74) is 0.502. The summed E-state index contributed by atoms with van der Waals surface area (Å²) in [6, 6.07) is 4.95. The minimum absolute atomic E-state index is 0.0181. The average molecular weight is 254 g/mol. The van der Waals surface area contributed by atoms with Crippen LogP contribution in [-0.4, -0.2) is 26.4 Å². The monoisotopic (exact) mass is 254 g/mol. The van der Waals surface area contributed by atoms with Crippen molar-refractivity contribution in [1.82, 2.24) is 0 Å². The van der Waals surface area contributed by atoms with E-state index in [1.54, 1.807) is 18.2 Å². The lowest BCUT2D eigenvalue weighted by Crippen LogP contribution is -2.37. The molecule has 2 aliphatic heterocycles. The topological polar surface area (TPSA) is 55.9 Å². The Hall–Kier alpha value is -1.07. The predicted octanol–water partition coefficient (Wildman–Crippen LogP) is 1.70. The Kier molecular flexibility index (Phi) is 1.97. The minimum atomic E-state index is -3.18. The summed E-state index contributed by atoms with van der Waals surface area (Å²) in [5, 5.41) is 0. The lowest BCUT2D eigenvalue weighted by molar-refractivity contribution is 0.0724. The molecule has 2 atom stereocenters. The number of sulfone groups is 1. The normalized spacial score (nSPS) is 28.9. The first-order chi connectivity index (χ1) is 7.79. The lowest BCUT2D eigenvalue weighted by Gasteiger charge is -2.29. The highest BCUT2D eigenvalue weighted by Gasteiger charge is 2.56. The van der Waals surface area contributed by atoms with Crippen LogP contribution in [0.15, 0.2) is 23.1 Å². The minimum Gasteiger partial charge on any atom is -0.485 e. The number of epoxide rings is 1. The molecular weight excluding hydrogens is 240 g/mol. The summed E-state index contributed by atoms with van der Waals surface area (Å²) in [7, 11) is -3.18. The van der Waals surface area contributed by atoms with E-state index in [2.05, 4.69) is 0 Å². The zero-order chi connectivity index (χ0) is 12.4. The quantitative estimate of drug-likeness (QED) is 0.716. The molecule has 0 saturated carbocycles. The number of hydrogen-bond donors (Lipinski definition) is 0. The number of ether oxygens (including phenoxy) is 2. The highest BCUT2D eigenvalue weighted by atomic mass is 32.2. The van der Waals surface area contributed by atoms with Gasteiger partial charge in [-0.2, -0.15) is 0 Å². The molecule has 0 amide bonds. The van der Waals surface area contributed by atoms with Gasteiger partial charge in [0.05, 0.1) is 4.90 Å². The van der Waals surface area contributed by atoms with Gasteiger partial charge in [-0.25, -0.2) is 8.42 Å². The van der Waals surface area contributed by atoms with Gasteiger partial charge in [0.2, 0.25) is 0 Å². The molecule has 92 valence electrons. The molecule has 3 rings (SSSR count). The van der Waals surface area contributed by atoms with E-state index in [9.17, 15) is 8.42 Å². The molecule has 0 spiro atoms. The molecule has 1 saturated heterocycles. The zero-order valence-corrected chi connectivity index (χ0v) is 10.7. The summed E-state index contributed by atoms with van der Waals surface area (Å²) in [4.78, 5) is 0.314. The Morgan fingerprint density at radius 1 is 1.29 bits per heavy atom. The second-order valence-corrected chi connectivity index (χ2v) is 7.17. The Bertz CT molecular complexity index is 589. The molecule has 4 nitrogen and oxygen atoms in total. The average Bonchev–Trinajstić information content (AvgIpc) is 2.95. The fourth-order valence-electron chi connectivity index (χ4n) is 2.29. The van der Waals surface area contributed by atoms with E-state index in [-0.39, 0.29) is 17.8 Å². The third-order valence-electron chi connectivity index (χ3n) is 3.27. The second-order valence-electron chi connectivity index (χ2n) is 5.15. The van der Waals surface area contributed by atoms with Gasteiger partial charge < -0.3 is 9.47 Å². The van der Waals surface area contributed by atoms with Gasteiger partial charge in [0.1, 0.15) is 23.6 Å². The molecule has 2 heterocycles. The van der Waals surface area contributed by atoms with Gasteiger partial charge >= 0.3 is 0 Å². The third kappa shape index (κ3) is 1.65. The summed E-state index contributed by atoms with van der Waals surface area (Å²) in [5.74, 6) is 0.723. The van der Waals surface area contributed by atoms with E-state index in [1.807, 2.05) is 13.8 Å². The summed E-state index contributed by atoms with van der Waals surface area (Å²) in [6.07, 6.45) is 1.22. The van der Waals surface area contributed by atoms with E-state index in [4.69, 9.17) is 9.47 Å². The van der Waals surface area contributed by atoms with Crippen molar-refractivity contribution in [1.29, 1.82) is 0 Å². The van der Waals surface area contributed by atoms with Crippen LogP contribution in [0.5, 0.6) is 5.75 Å². The Morgan fingerprint density at radius 3 is 2.65 bits per heavy atom. The van der Waals surface area contributed by atoms with Crippen LogP contribution in [0, 0.1) is 0 Å². The molecule has 2 aliphatic rings. The highest BCUT2D eigenvalue weighted by molar-refractivity contribution is 7.90. The van der Waals surface area contributed by atoms with Crippen LogP contribution in [0.2, 0.25) is 0 Å². The molecule has 0 radical (unpaired) electrons. The van der Waals surface area contributed by atoms with Crippen LogP contribution in [0.1, 0.15) is 25.5 Å². The maximum Gasteiger partial charge on any atom is 0.175 e. The molecule has 17 heavy (non-hydrogen) atoms. The third-order valence-corrected chi connectivity index (χ3v) is 4.38. The van der Waals surface area contributed by atoms with Gasteiger partial charge in [-0.05, 0) is 32.0 Å². The summed E-state index contributed by atoms with van der Waals surface area (Å²) < 4.78 is 34.4. The Morgan fingerprint density at radius 2 is 2.00 bits per heavy atom. The van der Waals surface area contributed by atoms with Gasteiger partial charge in [-0.3, -0.25) is 0 Å². The van der Waals surface area contributed by atoms with Crippen LogP contribution in [0.4, 0.5) is 0 Å². The first-order valence-corrected chi connectivity index (χ1v) is 7.37. The van der Waals surface area contributed by atoms with E-state index < -0.39 is 9.84 Å². The maximum absolute atomic E-state index is 11.5. The van der Waals surface area contributed by atoms with Gasteiger partial charge in [-0.1, -0.05) is 0 Å². The molecule has 0 aliphatic carbocycles. The smallest absolute Gasteiger partial charge is 0.175 e. The summed E-state index contributed by atoms with van der Waals surface area (Å²) in [6.45, 7) is 3.95. The zero-order valence-electron chi connectivity index (χ0n) is 9.93. The van der Waals surface area contributed by atoms with Crippen molar-refractivity contribution >= 4 is 9.84 Å². The molecule has 1 aromatic rings. The largest absolute Gasteiger partial charge is 0.485 e. The predicted molar refractivity (Wildman–Crippen MR) is 61.9 cm³/mol. The number of benzene rings is 1. The molecule has 5 heteroatoms. The van der Waals surface area contributed by atoms with E-state index in [1.165, 1.54) is 6.26 Å². The Balaban J connectivity index is 2.10.